The highest BCUT2D eigenvalue weighted by molar-refractivity contribution is 5.99. The van der Waals surface area contributed by atoms with Crippen LogP contribution in [0.5, 0.6) is 0 Å². The molecule has 9 heteroatoms. The number of carbonyl (C=O) groups is 2. The molecule has 132 valence electrons. The monoisotopic (exact) mass is 344 g/mol. The largest absolute Gasteiger partial charge is 0.368 e. The quantitative estimate of drug-likeness (QED) is 0.513. The zero-order chi connectivity index (χ0) is 18.6. The normalized spacial score (nSPS) is 10.2. The number of nitrogens with zero attached hydrogens (tertiary/aromatic N) is 1. The maximum Gasteiger partial charge on any atom is 0.267 e. The minimum Gasteiger partial charge on any atom is -0.368 e. The summed E-state index contributed by atoms with van der Waals surface area (Å²) < 4.78 is 0. The van der Waals surface area contributed by atoms with Crippen molar-refractivity contribution < 1.29 is 9.59 Å². The molecular weight excluding hydrogens is 324 g/mol. The van der Waals surface area contributed by atoms with Gasteiger partial charge in [-0.25, -0.2) is 0 Å². The van der Waals surface area contributed by atoms with Crippen LogP contribution in [0.3, 0.4) is 0 Å². The molecule has 1 heterocycles. The highest BCUT2D eigenvalue weighted by Crippen LogP contribution is 2.20. The summed E-state index contributed by atoms with van der Waals surface area (Å²) in [5.41, 5.74) is 6.98. The van der Waals surface area contributed by atoms with Crippen molar-refractivity contribution in [2.75, 3.05) is 24.2 Å². The van der Waals surface area contributed by atoms with Crippen molar-refractivity contribution in [1.82, 2.24) is 15.3 Å². The van der Waals surface area contributed by atoms with Gasteiger partial charge in [-0.2, -0.15) is 4.98 Å². The van der Waals surface area contributed by atoms with Crippen LogP contribution in [0.1, 0.15) is 21.5 Å². The number of nitrogens with one attached hydrogen (secondary N) is 4. The number of hydrogen-bond donors (Lipinski definition) is 5. The van der Waals surface area contributed by atoms with Gasteiger partial charge in [0, 0.05) is 12.7 Å². The Kier molecular flexibility index (Phi) is 5.38. The van der Waals surface area contributed by atoms with Gasteiger partial charge >= 0.3 is 0 Å². The van der Waals surface area contributed by atoms with Crippen LogP contribution >= 0.6 is 0 Å². The van der Waals surface area contributed by atoms with Crippen molar-refractivity contribution >= 4 is 29.3 Å². The van der Waals surface area contributed by atoms with Gasteiger partial charge in [0.25, 0.3) is 11.5 Å². The summed E-state index contributed by atoms with van der Waals surface area (Å²) >= 11 is 0. The van der Waals surface area contributed by atoms with E-state index < -0.39 is 17.4 Å². The van der Waals surface area contributed by atoms with E-state index in [0.29, 0.717) is 5.69 Å². The fourth-order valence-electron chi connectivity index (χ4n) is 2.34. The van der Waals surface area contributed by atoms with E-state index in [4.69, 9.17) is 5.73 Å². The van der Waals surface area contributed by atoms with Crippen molar-refractivity contribution in [2.24, 2.45) is 5.73 Å². The number of benzene rings is 1. The lowest BCUT2D eigenvalue weighted by Gasteiger charge is -2.13. The Bertz CT molecular complexity index is 854. The molecule has 0 spiro atoms. The first-order valence-electron chi connectivity index (χ1n) is 7.54. The van der Waals surface area contributed by atoms with E-state index in [9.17, 15) is 14.4 Å². The molecule has 0 aliphatic heterocycles. The lowest BCUT2D eigenvalue weighted by Crippen LogP contribution is -2.30. The topological polar surface area (TPSA) is 142 Å². The molecule has 2 aromatic rings. The van der Waals surface area contributed by atoms with Crippen LogP contribution in [-0.4, -0.2) is 35.4 Å². The molecule has 0 aliphatic carbocycles. The van der Waals surface area contributed by atoms with E-state index in [0.717, 1.165) is 11.1 Å². The lowest BCUT2D eigenvalue weighted by molar-refractivity contribution is -0.116. The van der Waals surface area contributed by atoms with Gasteiger partial charge in [0.1, 0.15) is 5.56 Å². The minimum absolute atomic E-state index is 0.0309. The van der Waals surface area contributed by atoms with Crippen LogP contribution < -0.4 is 27.2 Å². The Hall–Kier alpha value is -3.36. The summed E-state index contributed by atoms with van der Waals surface area (Å²) in [6.07, 6.45) is 0. The second kappa shape index (κ2) is 7.47. The Morgan fingerprint density at radius 2 is 1.84 bits per heavy atom. The molecular formula is C16H20N6O3. The number of carbonyl (C=O) groups excluding carboxylic acids is 2. The summed E-state index contributed by atoms with van der Waals surface area (Å²) in [5, 5.41) is 8.00. The van der Waals surface area contributed by atoms with Crippen LogP contribution in [-0.2, 0) is 4.79 Å². The molecule has 25 heavy (non-hydrogen) atoms. The predicted octanol–water partition coefficient (Wildman–Crippen LogP) is 0.387. The number of aromatic amines is 1. The molecule has 1 aromatic carbocycles. The molecule has 0 aliphatic rings. The van der Waals surface area contributed by atoms with E-state index >= 15 is 0 Å². The van der Waals surface area contributed by atoms with Crippen LogP contribution in [0.25, 0.3) is 0 Å². The molecule has 0 bridgehead atoms. The van der Waals surface area contributed by atoms with Crippen molar-refractivity contribution in [3.8, 4) is 0 Å². The van der Waals surface area contributed by atoms with E-state index in [-0.39, 0.29) is 23.9 Å². The number of rotatable bonds is 6. The van der Waals surface area contributed by atoms with Gasteiger partial charge in [0.2, 0.25) is 11.9 Å². The average molecular weight is 344 g/mol. The molecule has 1 aromatic heterocycles. The molecule has 2 amide bonds. The van der Waals surface area contributed by atoms with Crippen LogP contribution in [0, 0.1) is 13.8 Å². The first kappa shape index (κ1) is 18.0. The molecule has 9 nitrogen and oxygen atoms in total. The number of primary amides is 1. The van der Waals surface area contributed by atoms with Gasteiger partial charge in [0.15, 0.2) is 5.82 Å². The van der Waals surface area contributed by atoms with Gasteiger partial charge in [-0.1, -0.05) is 6.07 Å². The predicted molar refractivity (Wildman–Crippen MR) is 95.1 cm³/mol. The number of hydrogen-bond acceptors (Lipinski definition) is 6. The van der Waals surface area contributed by atoms with E-state index in [2.05, 4.69) is 25.9 Å². The summed E-state index contributed by atoms with van der Waals surface area (Å²) in [6.45, 7) is 3.66. The first-order chi connectivity index (χ1) is 11.8. The summed E-state index contributed by atoms with van der Waals surface area (Å²) in [5.74, 6) is -1.09. The number of aryl methyl sites for hydroxylation is 2. The van der Waals surface area contributed by atoms with Gasteiger partial charge in [0.05, 0.1) is 6.54 Å². The average Bonchev–Trinajstić information content (AvgIpc) is 2.51. The number of amides is 2. The first-order valence-corrected chi connectivity index (χ1v) is 7.54. The van der Waals surface area contributed by atoms with Gasteiger partial charge < -0.3 is 21.7 Å². The zero-order valence-electron chi connectivity index (χ0n) is 14.2. The van der Waals surface area contributed by atoms with E-state index in [1.165, 1.54) is 7.05 Å². The number of H-pyrrole nitrogens is 1. The molecule has 0 radical (unpaired) electrons. The van der Waals surface area contributed by atoms with Gasteiger partial charge in [-0.15, -0.1) is 0 Å². The van der Waals surface area contributed by atoms with Gasteiger partial charge in [-0.05, 0) is 37.1 Å². The smallest absolute Gasteiger partial charge is 0.267 e. The molecule has 0 unspecified atom stereocenters. The number of anilines is 3. The molecule has 0 fully saturated rings. The highest BCUT2D eigenvalue weighted by atomic mass is 16.2. The lowest BCUT2D eigenvalue weighted by atomic mass is 10.1. The van der Waals surface area contributed by atoms with Crippen molar-refractivity contribution in [1.29, 1.82) is 0 Å². The number of aromatic nitrogens is 2. The highest BCUT2D eigenvalue weighted by Gasteiger charge is 2.18. The molecule has 6 N–H and O–H groups in total. The Labute approximate surface area is 144 Å². The van der Waals surface area contributed by atoms with Crippen LogP contribution in [0.2, 0.25) is 0 Å². The van der Waals surface area contributed by atoms with Crippen LogP contribution in [0.4, 0.5) is 17.5 Å². The maximum atomic E-state index is 12.3. The van der Waals surface area contributed by atoms with Crippen molar-refractivity contribution in [3.63, 3.8) is 0 Å². The molecule has 2 rings (SSSR count). The van der Waals surface area contributed by atoms with Crippen molar-refractivity contribution in [3.05, 3.63) is 45.2 Å². The zero-order valence-corrected chi connectivity index (χ0v) is 14.2. The van der Waals surface area contributed by atoms with E-state index in [1.807, 2.05) is 32.0 Å². The maximum absolute atomic E-state index is 12.3. The molecule has 0 saturated heterocycles. The minimum atomic E-state index is -0.645. The summed E-state index contributed by atoms with van der Waals surface area (Å²) in [7, 11) is 1.42. The second-order valence-electron chi connectivity index (χ2n) is 5.54. The third-order valence-corrected chi connectivity index (χ3v) is 3.29. The Morgan fingerprint density at radius 1 is 1.20 bits per heavy atom. The van der Waals surface area contributed by atoms with Gasteiger partial charge in [-0.3, -0.25) is 19.4 Å². The molecule has 0 atom stereocenters. The summed E-state index contributed by atoms with van der Waals surface area (Å²) in [6, 6.07) is 5.72. The third-order valence-electron chi connectivity index (χ3n) is 3.29. The Morgan fingerprint density at radius 3 is 2.40 bits per heavy atom. The van der Waals surface area contributed by atoms with E-state index in [1.54, 1.807) is 0 Å². The summed E-state index contributed by atoms with van der Waals surface area (Å²) in [4.78, 5) is 41.8. The third kappa shape index (κ3) is 4.56. The Balaban J connectivity index is 2.49. The fraction of sp³-hybridized carbons (Fsp3) is 0.250. The number of nitrogens with two attached hydrogens (primary N) is 1. The van der Waals surface area contributed by atoms with Crippen LogP contribution in [0.15, 0.2) is 23.0 Å². The second-order valence-corrected chi connectivity index (χ2v) is 5.54. The van der Waals surface area contributed by atoms with Crippen molar-refractivity contribution in [2.45, 2.75) is 13.8 Å². The molecule has 0 saturated carbocycles. The standard InChI is InChI=1S/C16H20N6O3/c1-8-4-9(2)6-10(5-8)20-13-12(14(24)18-3)15(25)22-16(21-13)19-7-11(17)23/h4-6H,7H2,1-3H3,(H2,17,23)(H,18,24)(H3,19,20,21,22,25). The fourth-order valence-corrected chi connectivity index (χ4v) is 2.34. The SMILES string of the molecule is CNC(=O)c1c(Nc2cc(C)cc(C)c2)nc(NCC(N)=O)[nH]c1=O.